The van der Waals surface area contributed by atoms with Crippen LogP contribution in [0.3, 0.4) is 0 Å². The van der Waals surface area contributed by atoms with E-state index in [2.05, 4.69) is 40.4 Å². The number of ether oxygens (including phenoxy) is 1. The number of hydrogen-bond acceptors (Lipinski definition) is 4. The average Bonchev–Trinajstić information content (AvgIpc) is 2.61. The summed E-state index contributed by atoms with van der Waals surface area (Å²) in [6.07, 6.45) is 7.87. The summed E-state index contributed by atoms with van der Waals surface area (Å²) < 4.78 is 32.0. The predicted molar refractivity (Wildman–Crippen MR) is 100 cm³/mol. The third-order valence-corrected chi connectivity index (χ3v) is 6.14. The van der Waals surface area contributed by atoms with Crippen molar-refractivity contribution in [1.82, 2.24) is 10.0 Å². The van der Waals surface area contributed by atoms with E-state index in [1.54, 1.807) is 0 Å². The topological polar surface area (TPSA) is 67.4 Å². The molecule has 1 saturated carbocycles. The molecule has 6 heteroatoms. The van der Waals surface area contributed by atoms with Crippen LogP contribution in [0, 0.1) is 0 Å². The van der Waals surface area contributed by atoms with Crippen LogP contribution in [0.2, 0.25) is 0 Å². The smallest absolute Gasteiger partial charge is 0.209 e. The van der Waals surface area contributed by atoms with Crippen molar-refractivity contribution in [3.8, 4) is 0 Å². The van der Waals surface area contributed by atoms with Gasteiger partial charge in [-0.1, -0.05) is 30.3 Å². The minimum atomic E-state index is -3.18. The summed E-state index contributed by atoms with van der Waals surface area (Å²) in [6.45, 7) is 1.50. The highest BCUT2D eigenvalue weighted by molar-refractivity contribution is 7.88. The van der Waals surface area contributed by atoms with Gasteiger partial charge in [-0.25, -0.2) is 13.1 Å². The Labute approximate surface area is 151 Å². The Kier molecular flexibility index (Phi) is 6.49. The van der Waals surface area contributed by atoms with Gasteiger partial charge in [-0.3, -0.25) is 0 Å². The number of piperidine rings is 1. The first-order valence-corrected chi connectivity index (χ1v) is 11.3. The number of nitrogens with one attached hydrogen (secondary N) is 2. The van der Waals surface area contributed by atoms with E-state index in [1.807, 2.05) is 0 Å². The molecule has 2 unspecified atom stereocenters. The number of hydrogen-bond donors (Lipinski definition) is 2. The molecule has 2 fully saturated rings. The molecule has 0 spiro atoms. The predicted octanol–water partition coefficient (Wildman–Crippen LogP) is 2.40. The lowest BCUT2D eigenvalue weighted by molar-refractivity contribution is 0.00524. The summed E-state index contributed by atoms with van der Waals surface area (Å²) in [6, 6.07) is 10.7. The lowest BCUT2D eigenvalue weighted by Crippen LogP contribution is -2.55. The van der Waals surface area contributed by atoms with Gasteiger partial charge >= 0.3 is 0 Å². The molecule has 1 heterocycles. The van der Waals surface area contributed by atoms with Gasteiger partial charge in [0.15, 0.2) is 0 Å². The van der Waals surface area contributed by atoms with E-state index in [-0.39, 0.29) is 12.1 Å². The van der Waals surface area contributed by atoms with Crippen LogP contribution in [0.1, 0.15) is 50.0 Å². The molecule has 2 atom stereocenters. The van der Waals surface area contributed by atoms with E-state index in [1.165, 1.54) is 11.8 Å². The van der Waals surface area contributed by atoms with Crippen molar-refractivity contribution in [2.45, 2.75) is 62.6 Å². The monoisotopic (exact) mass is 366 g/mol. The highest BCUT2D eigenvalue weighted by Gasteiger charge is 2.29. The van der Waals surface area contributed by atoms with Gasteiger partial charge in [-0.15, -0.1) is 0 Å². The largest absolute Gasteiger partial charge is 0.377 e. The highest BCUT2D eigenvalue weighted by Crippen LogP contribution is 2.34. The van der Waals surface area contributed by atoms with Crippen molar-refractivity contribution in [3.05, 3.63) is 35.9 Å². The van der Waals surface area contributed by atoms with Gasteiger partial charge in [0.25, 0.3) is 0 Å². The Morgan fingerprint density at radius 3 is 2.52 bits per heavy atom. The lowest BCUT2D eigenvalue weighted by Gasteiger charge is -2.35. The number of benzene rings is 1. The molecule has 1 aromatic rings. The fourth-order valence-corrected chi connectivity index (χ4v) is 4.90. The molecular weight excluding hydrogens is 336 g/mol. The van der Waals surface area contributed by atoms with Crippen molar-refractivity contribution in [3.63, 3.8) is 0 Å². The first kappa shape index (κ1) is 18.8. The zero-order chi connectivity index (χ0) is 17.7. The van der Waals surface area contributed by atoms with Crippen molar-refractivity contribution < 1.29 is 13.2 Å². The van der Waals surface area contributed by atoms with Crippen LogP contribution >= 0.6 is 0 Å². The van der Waals surface area contributed by atoms with Crippen LogP contribution in [0.5, 0.6) is 0 Å². The molecule has 0 amide bonds. The van der Waals surface area contributed by atoms with Gasteiger partial charge < -0.3 is 10.1 Å². The molecular formula is C19H30N2O3S. The maximum atomic E-state index is 11.5. The quantitative estimate of drug-likeness (QED) is 0.811. The molecule has 0 bridgehead atoms. The second kappa shape index (κ2) is 8.62. The Bertz CT molecular complexity index is 627. The summed E-state index contributed by atoms with van der Waals surface area (Å²) in [7, 11) is -3.18. The summed E-state index contributed by atoms with van der Waals surface area (Å²) in [5.74, 6) is 0.647. The van der Waals surface area contributed by atoms with E-state index in [9.17, 15) is 8.42 Å². The molecule has 0 aromatic heterocycles. The molecule has 25 heavy (non-hydrogen) atoms. The van der Waals surface area contributed by atoms with Crippen LogP contribution in [0.25, 0.3) is 0 Å². The van der Waals surface area contributed by atoms with Gasteiger partial charge in [0, 0.05) is 12.1 Å². The van der Waals surface area contributed by atoms with E-state index in [4.69, 9.17) is 4.74 Å². The van der Waals surface area contributed by atoms with E-state index < -0.39 is 10.0 Å². The van der Waals surface area contributed by atoms with Crippen molar-refractivity contribution in [2.75, 3.05) is 19.4 Å². The van der Waals surface area contributed by atoms with Gasteiger partial charge in [0.05, 0.1) is 19.0 Å². The Balaban J connectivity index is 1.45. The Morgan fingerprint density at radius 2 is 1.84 bits per heavy atom. The molecule has 0 radical (unpaired) electrons. The second-order valence-corrected chi connectivity index (χ2v) is 9.20. The average molecular weight is 367 g/mol. The molecule has 140 valence electrons. The van der Waals surface area contributed by atoms with Gasteiger partial charge in [0.1, 0.15) is 0 Å². The minimum Gasteiger partial charge on any atom is -0.377 e. The summed E-state index contributed by atoms with van der Waals surface area (Å²) in [4.78, 5) is 0. The third kappa shape index (κ3) is 5.78. The van der Waals surface area contributed by atoms with Gasteiger partial charge in [-0.05, 0) is 56.6 Å². The third-order valence-electron chi connectivity index (χ3n) is 5.41. The molecule has 1 saturated heterocycles. The second-order valence-electron chi connectivity index (χ2n) is 7.42. The first-order chi connectivity index (χ1) is 12.0. The molecule has 1 aliphatic carbocycles. The molecule has 1 aliphatic heterocycles. The molecule has 2 aliphatic rings. The maximum absolute atomic E-state index is 11.5. The van der Waals surface area contributed by atoms with Crippen LogP contribution in [-0.4, -0.2) is 46.0 Å². The maximum Gasteiger partial charge on any atom is 0.209 e. The summed E-state index contributed by atoms with van der Waals surface area (Å²) >= 11 is 0. The first-order valence-electron chi connectivity index (χ1n) is 9.38. The van der Waals surface area contributed by atoms with Crippen LogP contribution in [0.15, 0.2) is 30.3 Å². The Morgan fingerprint density at radius 1 is 1.12 bits per heavy atom. The van der Waals surface area contributed by atoms with Gasteiger partial charge in [0.2, 0.25) is 10.0 Å². The molecule has 3 rings (SSSR count). The highest BCUT2D eigenvalue weighted by atomic mass is 32.2. The van der Waals surface area contributed by atoms with Crippen molar-refractivity contribution >= 4 is 10.0 Å². The van der Waals surface area contributed by atoms with E-state index >= 15 is 0 Å². The molecule has 5 nitrogen and oxygen atoms in total. The van der Waals surface area contributed by atoms with E-state index in [0.717, 1.165) is 45.1 Å². The van der Waals surface area contributed by atoms with Crippen LogP contribution < -0.4 is 10.0 Å². The Hall–Kier alpha value is -0.950. The van der Waals surface area contributed by atoms with Crippen molar-refractivity contribution in [1.29, 1.82) is 0 Å². The molecule has 2 N–H and O–H groups in total. The fraction of sp³-hybridized carbons (Fsp3) is 0.684. The minimum absolute atomic E-state index is 0.0651. The van der Waals surface area contributed by atoms with Crippen molar-refractivity contribution in [2.24, 2.45) is 0 Å². The van der Waals surface area contributed by atoms with Gasteiger partial charge in [-0.2, -0.15) is 0 Å². The summed E-state index contributed by atoms with van der Waals surface area (Å²) in [5, 5.41) is 3.41. The summed E-state index contributed by atoms with van der Waals surface area (Å²) in [5.41, 5.74) is 1.44. The zero-order valence-corrected chi connectivity index (χ0v) is 15.8. The SMILES string of the molecule is CS(=O)(=O)NC1CCCNC1COC1CCC(c2ccccc2)CC1. The standard InChI is InChI=1S/C19H30N2O3S/c1-25(22,23)21-18-8-5-13-20-19(18)14-24-17-11-9-16(10-12-17)15-6-3-2-4-7-15/h2-4,6-7,16-21H,5,8-14H2,1H3. The number of sulfonamides is 1. The fourth-order valence-electron chi connectivity index (χ4n) is 4.07. The number of rotatable bonds is 6. The van der Waals surface area contributed by atoms with Crippen LogP contribution in [-0.2, 0) is 14.8 Å². The normalized spacial score (nSPS) is 30.9. The van der Waals surface area contributed by atoms with E-state index in [0.29, 0.717) is 18.6 Å². The zero-order valence-electron chi connectivity index (χ0n) is 15.0. The lowest BCUT2D eigenvalue weighted by atomic mass is 9.83. The molecule has 1 aromatic carbocycles. The van der Waals surface area contributed by atoms with Crippen LogP contribution in [0.4, 0.5) is 0 Å².